The van der Waals surface area contributed by atoms with Crippen LogP contribution in [0, 0.1) is 6.92 Å². The van der Waals surface area contributed by atoms with Crippen molar-refractivity contribution < 1.29 is 23.1 Å². The quantitative estimate of drug-likeness (QED) is 0.636. The lowest BCUT2D eigenvalue weighted by Crippen LogP contribution is -2.09. The predicted octanol–water partition coefficient (Wildman–Crippen LogP) is 2.46. The first-order chi connectivity index (χ1) is 10.9. The van der Waals surface area contributed by atoms with Crippen LogP contribution in [0.4, 0.5) is 0 Å². The second-order valence-corrected chi connectivity index (χ2v) is 6.34. The predicted molar refractivity (Wildman–Crippen MR) is 87.3 cm³/mol. The summed E-state index contributed by atoms with van der Waals surface area (Å²) >= 11 is 5.92. The van der Waals surface area contributed by atoms with Crippen LogP contribution in [0.5, 0.6) is 0 Å². The maximum absolute atomic E-state index is 11.9. The van der Waals surface area contributed by atoms with Gasteiger partial charge in [-0.3, -0.25) is 0 Å². The van der Waals surface area contributed by atoms with Crippen LogP contribution in [0.2, 0.25) is 5.02 Å². The summed E-state index contributed by atoms with van der Waals surface area (Å²) in [6.07, 6.45) is -0.962. The Morgan fingerprint density at radius 1 is 1.22 bits per heavy atom. The van der Waals surface area contributed by atoms with Crippen LogP contribution in [0.1, 0.15) is 33.2 Å². The van der Waals surface area contributed by atoms with E-state index in [1.54, 1.807) is 43.3 Å². The van der Waals surface area contributed by atoms with E-state index in [0.717, 1.165) is 5.56 Å². The van der Waals surface area contributed by atoms with Crippen molar-refractivity contribution in [1.82, 2.24) is 0 Å². The Bertz CT molecular complexity index is 793. The number of thiol groups is 1. The van der Waals surface area contributed by atoms with E-state index in [9.17, 15) is 18.3 Å². The first-order valence-corrected chi connectivity index (χ1v) is 8.45. The molecule has 23 heavy (non-hydrogen) atoms. The second-order valence-electron chi connectivity index (χ2n) is 4.98. The number of carbonyl (C=O) groups is 1. The normalized spacial score (nSPS) is 12.2. The lowest BCUT2D eigenvalue weighted by molar-refractivity contribution is 0.0573. The lowest BCUT2D eigenvalue weighted by atomic mass is 9.97. The third-order valence-corrected chi connectivity index (χ3v) is 3.69. The summed E-state index contributed by atoms with van der Waals surface area (Å²) < 4.78 is 25.7. The zero-order valence-corrected chi connectivity index (χ0v) is 13.9. The second kappa shape index (κ2) is 7.59. The van der Waals surface area contributed by atoms with Crippen molar-refractivity contribution in [2.75, 3.05) is 5.94 Å². The van der Waals surface area contributed by atoms with Gasteiger partial charge < -0.3 is 9.84 Å². The van der Waals surface area contributed by atoms with Gasteiger partial charge in [0.05, 0.1) is 5.56 Å². The van der Waals surface area contributed by atoms with Crippen molar-refractivity contribution in [3.63, 3.8) is 0 Å². The van der Waals surface area contributed by atoms with Gasteiger partial charge in [0.25, 0.3) is 0 Å². The monoisotopic (exact) mass is 354 g/mol. The Labute approximate surface area is 140 Å². The summed E-state index contributed by atoms with van der Waals surface area (Å²) in [5, 5.41) is 11.0. The average molecular weight is 355 g/mol. The van der Waals surface area contributed by atoms with E-state index in [1.807, 2.05) is 0 Å². The van der Waals surface area contributed by atoms with Crippen molar-refractivity contribution in [3.8, 4) is 0 Å². The highest BCUT2D eigenvalue weighted by Gasteiger charge is 2.15. The Kier molecular flexibility index (Phi) is 5.76. The molecule has 1 N–H and O–H groups in total. The van der Waals surface area contributed by atoms with Gasteiger partial charge in [-0.1, -0.05) is 29.8 Å². The number of hydrogen-bond acceptors (Lipinski definition) is 5. The number of benzene rings is 2. The highest BCUT2D eigenvalue weighted by molar-refractivity contribution is 7.72. The van der Waals surface area contributed by atoms with Gasteiger partial charge in [-0.15, -0.1) is 0 Å². The molecule has 0 saturated heterocycles. The van der Waals surface area contributed by atoms with Gasteiger partial charge in [0.15, 0.2) is 16.6 Å². The molecule has 5 nitrogen and oxygen atoms in total. The smallest absolute Gasteiger partial charge is 0.339 e. The molecule has 0 spiro atoms. The number of aliphatic hydroxyl groups is 1. The molecule has 0 aliphatic rings. The van der Waals surface area contributed by atoms with Gasteiger partial charge in [-0.2, -0.15) is 0 Å². The van der Waals surface area contributed by atoms with Crippen LogP contribution in [0.15, 0.2) is 42.5 Å². The fraction of sp³-hybridized carbons (Fsp3) is 0.188. The minimum atomic E-state index is -2.80. The van der Waals surface area contributed by atoms with E-state index >= 15 is 0 Å². The molecule has 0 fully saturated rings. The Balaban J connectivity index is 2.31. The van der Waals surface area contributed by atoms with Gasteiger partial charge in [-0.05, 0) is 47.9 Å². The van der Waals surface area contributed by atoms with Crippen molar-refractivity contribution >= 4 is 28.3 Å². The van der Waals surface area contributed by atoms with E-state index in [-0.39, 0.29) is 5.56 Å². The van der Waals surface area contributed by atoms with Gasteiger partial charge in [0.1, 0.15) is 6.10 Å². The fourth-order valence-corrected chi connectivity index (χ4v) is 2.57. The molecule has 0 aromatic heterocycles. The van der Waals surface area contributed by atoms with Crippen LogP contribution in [-0.2, 0) is 15.4 Å². The maximum Gasteiger partial charge on any atom is 0.339 e. The van der Waals surface area contributed by atoms with Crippen LogP contribution in [-0.4, -0.2) is 25.4 Å². The number of halogens is 1. The Morgan fingerprint density at radius 2 is 1.96 bits per heavy atom. The summed E-state index contributed by atoms with van der Waals surface area (Å²) in [5.74, 6) is -1.43. The van der Waals surface area contributed by atoms with Gasteiger partial charge in [0, 0.05) is 5.02 Å². The molecule has 1 unspecified atom stereocenters. The molecule has 0 radical (unpaired) electrons. The highest BCUT2D eigenvalue weighted by Crippen LogP contribution is 2.26. The first kappa shape index (κ1) is 17.5. The summed E-state index contributed by atoms with van der Waals surface area (Å²) in [6, 6.07) is 11.5. The van der Waals surface area contributed by atoms with Crippen molar-refractivity contribution in [3.05, 3.63) is 69.7 Å². The molecule has 2 aromatic rings. The molecule has 0 heterocycles. The minimum Gasteiger partial charge on any atom is -0.446 e. The largest absolute Gasteiger partial charge is 0.446 e. The van der Waals surface area contributed by atoms with E-state index < -0.39 is 28.7 Å². The first-order valence-electron chi connectivity index (χ1n) is 6.71. The summed E-state index contributed by atoms with van der Waals surface area (Å²) in [7, 11) is -2.80. The number of hydrogen-bond donors (Lipinski definition) is 2. The number of esters is 1. The van der Waals surface area contributed by atoms with E-state index in [2.05, 4.69) is 4.74 Å². The molecule has 7 heteroatoms. The fourth-order valence-electron chi connectivity index (χ4n) is 2.15. The van der Waals surface area contributed by atoms with E-state index in [4.69, 9.17) is 11.6 Å². The topological polar surface area (TPSA) is 80.7 Å². The molecule has 0 saturated carbocycles. The summed E-state index contributed by atoms with van der Waals surface area (Å²) in [6.45, 7) is 1.76. The van der Waals surface area contributed by atoms with Crippen LogP contribution >= 0.6 is 11.6 Å². The van der Waals surface area contributed by atoms with Crippen LogP contribution in [0.3, 0.4) is 0 Å². The molecule has 0 bridgehead atoms. The van der Waals surface area contributed by atoms with Gasteiger partial charge >= 0.3 is 5.97 Å². The van der Waals surface area contributed by atoms with Crippen molar-refractivity contribution in [2.24, 2.45) is 0 Å². The Morgan fingerprint density at radius 3 is 2.61 bits per heavy atom. The molecule has 0 aliphatic heterocycles. The molecule has 122 valence electrons. The lowest BCUT2D eigenvalue weighted by Gasteiger charge is -2.14. The maximum atomic E-state index is 11.9. The van der Waals surface area contributed by atoms with Crippen LogP contribution < -0.4 is 0 Å². The molecule has 1 atom stereocenters. The number of ether oxygens (including phenoxy) is 1. The highest BCUT2D eigenvalue weighted by atomic mass is 35.5. The van der Waals surface area contributed by atoms with Crippen molar-refractivity contribution in [2.45, 2.75) is 13.0 Å². The van der Waals surface area contributed by atoms with Gasteiger partial charge in [0.2, 0.25) is 0 Å². The Hall–Kier alpha value is -1.89. The third-order valence-electron chi connectivity index (χ3n) is 3.12. The van der Waals surface area contributed by atoms with Crippen LogP contribution in [0.25, 0.3) is 0 Å². The summed E-state index contributed by atoms with van der Waals surface area (Å²) in [4.78, 5) is 11.9. The molecular weight excluding hydrogens is 340 g/mol. The average Bonchev–Trinajstić information content (AvgIpc) is 2.51. The molecule has 2 rings (SSSR count). The van der Waals surface area contributed by atoms with Gasteiger partial charge in [-0.25, -0.2) is 13.2 Å². The standard InChI is InChI=1S/C16H15ClO5S/c1-10-5-12(15(18)11-3-2-4-14(17)8-11)7-13(6-10)16(19)22-9-23(20)21/h2-8,15,18,23H,9H2,1H3. The number of rotatable bonds is 5. The molecule has 0 aliphatic carbocycles. The summed E-state index contributed by atoms with van der Waals surface area (Å²) in [5.41, 5.74) is 2.00. The number of carbonyl (C=O) groups excluding carboxylic acids is 1. The van der Waals surface area contributed by atoms with E-state index in [1.165, 1.54) is 6.07 Å². The third kappa shape index (κ3) is 4.79. The van der Waals surface area contributed by atoms with Crippen molar-refractivity contribution in [1.29, 1.82) is 0 Å². The number of aryl methyl sites for hydroxylation is 1. The van der Waals surface area contributed by atoms with E-state index in [0.29, 0.717) is 16.1 Å². The molecule has 0 amide bonds. The molecule has 2 aromatic carbocycles. The molecular formula is C16H15ClO5S. The zero-order chi connectivity index (χ0) is 17.0. The zero-order valence-electron chi connectivity index (χ0n) is 12.2. The minimum absolute atomic E-state index is 0.179. The SMILES string of the molecule is Cc1cc(C(=O)OC[SH](=O)=O)cc(C(O)c2cccc(Cl)c2)c1. The number of aliphatic hydroxyl groups excluding tert-OH is 1.